The molecule has 0 atom stereocenters. The van der Waals surface area contributed by atoms with Crippen LogP contribution < -0.4 is 10.6 Å². The number of para-hydroxylation sites is 1. The smallest absolute Gasteiger partial charge is 0.225 e. The number of hydrogen-bond acceptors (Lipinski definition) is 4. The van der Waals surface area contributed by atoms with Gasteiger partial charge in [-0.15, -0.1) is 0 Å². The first-order valence-electron chi connectivity index (χ1n) is 7.85. The predicted octanol–water partition coefficient (Wildman–Crippen LogP) is 4.71. The molecular weight excluding hydrogens is 284 g/mol. The Balaban J connectivity index is 1.94. The van der Waals surface area contributed by atoms with Crippen molar-refractivity contribution in [3.05, 3.63) is 66.7 Å². The fourth-order valence-corrected chi connectivity index (χ4v) is 2.25. The van der Waals surface area contributed by atoms with Gasteiger partial charge in [-0.3, -0.25) is 0 Å². The van der Waals surface area contributed by atoms with Crippen molar-refractivity contribution < 1.29 is 0 Å². The van der Waals surface area contributed by atoms with Crippen LogP contribution in [-0.2, 0) is 0 Å². The molecule has 0 fully saturated rings. The Kier molecular flexibility index (Phi) is 4.84. The number of benzene rings is 2. The van der Waals surface area contributed by atoms with Crippen LogP contribution in [0.4, 0.5) is 17.5 Å². The van der Waals surface area contributed by atoms with E-state index < -0.39 is 0 Å². The second-order valence-electron chi connectivity index (χ2n) is 5.25. The summed E-state index contributed by atoms with van der Waals surface area (Å²) >= 11 is 0. The van der Waals surface area contributed by atoms with Crippen molar-refractivity contribution in [2.75, 3.05) is 17.2 Å². The fraction of sp³-hybridized carbons (Fsp3) is 0.158. The van der Waals surface area contributed by atoms with Crippen molar-refractivity contribution in [1.82, 2.24) is 9.97 Å². The molecule has 1 aromatic heterocycles. The Morgan fingerprint density at radius 1 is 0.870 bits per heavy atom. The quantitative estimate of drug-likeness (QED) is 0.692. The Morgan fingerprint density at radius 3 is 2.26 bits per heavy atom. The van der Waals surface area contributed by atoms with Crippen LogP contribution in [0.15, 0.2) is 66.7 Å². The van der Waals surface area contributed by atoms with Gasteiger partial charge in [0, 0.05) is 23.9 Å². The highest BCUT2D eigenvalue weighted by atomic mass is 15.1. The summed E-state index contributed by atoms with van der Waals surface area (Å²) in [7, 11) is 0. The Labute approximate surface area is 136 Å². The van der Waals surface area contributed by atoms with E-state index in [1.54, 1.807) is 0 Å². The molecule has 1 heterocycles. The first-order valence-corrected chi connectivity index (χ1v) is 7.85. The minimum absolute atomic E-state index is 0.645. The first kappa shape index (κ1) is 15.0. The molecule has 0 spiro atoms. The van der Waals surface area contributed by atoms with Crippen molar-refractivity contribution in [2.24, 2.45) is 0 Å². The number of nitrogens with one attached hydrogen (secondary N) is 2. The molecule has 0 unspecified atom stereocenters. The summed E-state index contributed by atoms with van der Waals surface area (Å²) in [5.74, 6) is 1.43. The first-order chi connectivity index (χ1) is 11.3. The van der Waals surface area contributed by atoms with Crippen LogP contribution in [-0.4, -0.2) is 16.5 Å². The van der Waals surface area contributed by atoms with Crippen molar-refractivity contribution in [1.29, 1.82) is 0 Å². The van der Waals surface area contributed by atoms with Crippen molar-refractivity contribution in [3.8, 4) is 11.3 Å². The summed E-state index contributed by atoms with van der Waals surface area (Å²) in [4.78, 5) is 9.18. The maximum atomic E-state index is 4.62. The zero-order valence-electron chi connectivity index (χ0n) is 13.2. The second kappa shape index (κ2) is 7.40. The molecule has 4 heteroatoms. The van der Waals surface area contributed by atoms with Gasteiger partial charge in [-0.25, -0.2) is 4.98 Å². The number of nitrogens with zero attached hydrogens (tertiary/aromatic N) is 2. The fourth-order valence-electron chi connectivity index (χ4n) is 2.25. The van der Waals surface area contributed by atoms with Gasteiger partial charge in [0.05, 0.1) is 5.69 Å². The van der Waals surface area contributed by atoms with Crippen LogP contribution in [0.3, 0.4) is 0 Å². The average molecular weight is 304 g/mol. The second-order valence-corrected chi connectivity index (χ2v) is 5.25. The zero-order chi connectivity index (χ0) is 15.9. The summed E-state index contributed by atoms with van der Waals surface area (Å²) in [6.07, 6.45) is 1.03. The molecule has 4 nitrogen and oxygen atoms in total. The zero-order valence-corrected chi connectivity index (χ0v) is 13.2. The van der Waals surface area contributed by atoms with Crippen molar-refractivity contribution >= 4 is 17.5 Å². The van der Waals surface area contributed by atoms with Gasteiger partial charge >= 0.3 is 0 Å². The number of rotatable bonds is 6. The van der Waals surface area contributed by atoms with Crippen LogP contribution >= 0.6 is 0 Å². The number of aromatic nitrogens is 2. The van der Waals surface area contributed by atoms with Crippen LogP contribution in [0.2, 0.25) is 0 Å². The minimum Gasteiger partial charge on any atom is -0.354 e. The van der Waals surface area contributed by atoms with E-state index >= 15 is 0 Å². The maximum absolute atomic E-state index is 4.62. The van der Waals surface area contributed by atoms with Crippen LogP contribution in [0.1, 0.15) is 13.3 Å². The van der Waals surface area contributed by atoms with E-state index in [9.17, 15) is 0 Å². The van der Waals surface area contributed by atoms with Crippen LogP contribution in [0.5, 0.6) is 0 Å². The normalized spacial score (nSPS) is 10.3. The summed E-state index contributed by atoms with van der Waals surface area (Å²) in [5.41, 5.74) is 2.98. The molecule has 2 aromatic carbocycles. The highest BCUT2D eigenvalue weighted by Crippen LogP contribution is 2.23. The Hall–Kier alpha value is -2.88. The highest BCUT2D eigenvalue weighted by Gasteiger charge is 2.06. The third-order valence-corrected chi connectivity index (χ3v) is 3.38. The Morgan fingerprint density at radius 2 is 1.57 bits per heavy atom. The molecule has 0 aliphatic carbocycles. The van der Waals surface area contributed by atoms with Crippen LogP contribution in [0, 0.1) is 0 Å². The van der Waals surface area contributed by atoms with E-state index in [4.69, 9.17) is 0 Å². The lowest BCUT2D eigenvalue weighted by molar-refractivity contribution is 0.954. The largest absolute Gasteiger partial charge is 0.354 e. The molecule has 0 aliphatic rings. The molecule has 3 aromatic rings. The number of anilines is 3. The maximum Gasteiger partial charge on any atom is 0.225 e. The van der Waals surface area contributed by atoms with Gasteiger partial charge < -0.3 is 10.6 Å². The molecule has 0 aliphatic heterocycles. The van der Waals surface area contributed by atoms with Gasteiger partial charge in [-0.1, -0.05) is 55.5 Å². The lowest BCUT2D eigenvalue weighted by atomic mass is 10.1. The highest BCUT2D eigenvalue weighted by molar-refractivity contribution is 5.67. The molecule has 116 valence electrons. The lowest BCUT2D eigenvalue weighted by Gasteiger charge is -2.11. The molecule has 0 saturated carbocycles. The minimum atomic E-state index is 0.645. The predicted molar refractivity (Wildman–Crippen MR) is 96.0 cm³/mol. The summed E-state index contributed by atoms with van der Waals surface area (Å²) < 4.78 is 0. The van der Waals surface area contributed by atoms with Gasteiger partial charge in [0.25, 0.3) is 0 Å². The molecule has 23 heavy (non-hydrogen) atoms. The molecule has 0 bridgehead atoms. The van der Waals surface area contributed by atoms with E-state index in [2.05, 4.69) is 39.7 Å². The van der Waals surface area contributed by atoms with E-state index in [-0.39, 0.29) is 0 Å². The summed E-state index contributed by atoms with van der Waals surface area (Å²) in [6, 6.07) is 22.1. The number of hydrogen-bond donors (Lipinski definition) is 2. The summed E-state index contributed by atoms with van der Waals surface area (Å²) in [5, 5.41) is 6.61. The van der Waals surface area contributed by atoms with Gasteiger partial charge in [-0.05, 0) is 18.6 Å². The van der Waals surface area contributed by atoms with Gasteiger partial charge in [0.1, 0.15) is 5.82 Å². The van der Waals surface area contributed by atoms with Gasteiger partial charge in [0.15, 0.2) is 0 Å². The average Bonchev–Trinajstić information content (AvgIpc) is 2.61. The topological polar surface area (TPSA) is 49.8 Å². The third-order valence-electron chi connectivity index (χ3n) is 3.38. The van der Waals surface area contributed by atoms with E-state index in [0.717, 1.165) is 35.7 Å². The van der Waals surface area contributed by atoms with Gasteiger partial charge in [0.2, 0.25) is 5.95 Å². The van der Waals surface area contributed by atoms with E-state index in [1.807, 2.05) is 54.6 Å². The molecule has 0 radical (unpaired) electrons. The standard InChI is InChI=1S/C19H20N4/c1-2-13-20-19-22-17(15-9-5-3-6-10-15)14-18(23-19)21-16-11-7-4-8-12-16/h3-12,14H,2,13H2,1H3,(H2,20,21,22,23). The van der Waals surface area contributed by atoms with E-state index in [1.165, 1.54) is 0 Å². The summed E-state index contributed by atoms with van der Waals surface area (Å²) in [6.45, 7) is 2.97. The lowest BCUT2D eigenvalue weighted by Crippen LogP contribution is -2.06. The van der Waals surface area contributed by atoms with E-state index in [0.29, 0.717) is 5.95 Å². The molecule has 3 rings (SSSR count). The molecule has 2 N–H and O–H groups in total. The Bertz CT molecular complexity index is 742. The molecule has 0 saturated heterocycles. The molecular formula is C19H20N4. The van der Waals surface area contributed by atoms with Crippen molar-refractivity contribution in [3.63, 3.8) is 0 Å². The van der Waals surface area contributed by atoms with Crippen LogP contribution in [0.25, 0.3) is 11.3 Å². The monoisotopic (exact) mass is 304 g/mol. The van der Waals surface area contributed by atoms with Crippen molar-refractivity contribution in [2.45, 2.75) is 13.3 Å². The SMILES string of the molecule is CCCNc1nc(Nc2ccccc2)cc(-c2ccccc2)n1. The van der Waals surface area contributed by atoms with Gasteiger partial charge in [-0.2, -0.15) is 4.98 Å². The molecule has 0 amide bonds. The third kappa shape index (κ3) is 4.07.